The maximum absolute atomic E-state index is 14.1. The third-order valence-corrected chi connectivity index (χ3v) is 12.5. The number of aldehydes is 1. The minimum absolute atomic E-state index is 0.0314. The van der Waals surface area contributed by atoms with Crippen LogP contribution >= 0.6 is 11.3 Å². The Kier molecular flexibility index (Phi) is 33.6. The maximum Gasteiger partial charge on any atom is 0.225 e. The van der Waals surface area contributed by atoms with Crippen LogP contribution in [0.15, 0.2) is 41.9 Å². The van der Waals surface area contributed by atoms with E-state index in [0.717, 1.165) is 43.4 Å². The molecule has 0 spiro atoms. The fraction of sp³-hybridized carbons (Fsp3) is 0.720. The van der Waals surface area contributed by atoms with Gasteiger partial charge in [0.1, 0.15) is 6.29 Å². The van der Waals surface area contributed by atoms with Gasteiger partial charge in [-0.1, -0.05) is 77.8 Å². The number of likely N-dealkylation sites (N-methyl/N-ethyl adjacent to an activating group) is 1. The first kappa shape index (κ1) is 64.3. The first-order valence-corrected chi connectivity index (χ1v) is 24.3. The minimum Gasteiger partial charge on any atom is -0.379 e. The molecule has 380 valence electrons. The van der Waals surface area contributed by atoms with Gasteiger partial charge in [-0.3, -0.25) is 19.2 Å². The van der Waals surface area contributed by atoms with Crippen molar-refractivity contribution >= 4 is 42.3 Å². The lowest BCUT2D eigenvalue weighted by molar-refractivity contribution is -0.145. The molecule has 2 heterocycles. The summed E-state index contributed by atoms with van der Waals surface area (Å²) in [7, 11) is 7.16. The van der Waals surface area contributed by atoms with Crippen molar-refractivity contribution in [1.82, 2.24) is 20.1 Å². The number of benzene rings is 1. The molecule has 1 saturated heterocycles. The molecule has 7 unspecified atom stereocenters. The predicted octanol–water partition coefficient (Wildman–Crippen LogP) is 6.90. The molecule has 0 aliphatic carbocycles. The Morgan fingerprint density at radius 3 is 2.03 bits per heavy atom. The highest BCUT2D eigenvalue weighted by molar-refractivity contribution is 7.09. The van der Waals surface area contributed by atoms with Gasteiger partial charge in [0.2, 0.25) is 24.6 Å². The monoisotopic (exact) mass is 950 g/mol. The van der Waals surface area contributed by atoms with Crippen LogP contribution in [0.25, 0.3) is 0 Å². The molecule has 2 aromatic rings. The number of amides is 4. The zero-order valence-electron chi connectivity index (χ0n) is 43.3. The number of nitrogens with two attached hydrogens (primary N) is 3. The molecule has 7 atom stereocenters. The number of rotatable bonds is 23. The summed E-state index contributed by atoms with van der Waals surface area (Å²) in [6.07, 6.45) is 9.43. The molecule has 15 nitrogen and oxygen atoms in total. The fourth-order valence-corrected chi connectivity index (χ4v) is 8.52. The number of aromatic nitrogens is 1. The zero-order valence-corrected chi connectivity index (χ0v) is 44.2. The molecule has 7 N–H and O–H groups in total. The topological polar surface area (TPSA) is 222 Å². The van der Waals surface area contributed by atoms with Crippen LogP contribution in [0.2, 0.25) is 0 Å². The number of thiazole rings is 1. The molecule has 1 aliphatic rings. The Balaban J connectivity index is 0. The molecule has 0 saturated carbocycles. The number of hydrogen-bond donors (Lipinski definition) is 4. The van der Waals surface area contributed by atoms with E-state index < -0.39 is 6.10 Å². The van der Waals surface area contributed by atoms with E-state index in [-0.39, 0.29) is 83.7 Å². The normalized spacial score (nSPS) is 16.3. The number of likely N-dealkylation sites (tertiary alicyclic amines) is 1. The van der Waals surface area contributed by atoms with Crippen LogP contribution in [0.4, 0.5) is 0 Å². The third-order valence-electron chi connectivity index (χ3n) is 11.6. The van der Waals surface area contributed by atoms with Crippen molar-refractivity contribution in [2.24, 2.45) is 29.0 Å². The predicted molar refractivity (Wildman–Crippen MR) is 269 cm³/mol. The molecule has 66 heavy (non-hydrogen) atoms. The van der Waals surface area contributed by atoms with Gasteiger partial charge in [-0.15, -0.1) is 11.3 Å². The van der Waals surface area contributed by atoms with Crippen LogP contribution in [0.1, 0.15) is 144 Å². The summed E-state index contributed by atoms with van der Waals surface area (Å²) in [5.41, 5.74) is 14.5. The summed E-state index contributed by atoms with van der Waals surface area (Å²) < 4.78 is 17.9. The summed E-state index contributed by atoms with van der Waals surface area (Å²) in [5, 5.41) is 6.36. The number of primary amides is 2. The smallest absolute Gasteiger partial charge is 0.225 e. The Hall–Kier alpha value is -3.80. The van der Waals surface area contributed by atoms with Crippen molar-refractivity contribution in [3.8, 4) is 0 Å². The lowest BCUT2D eigenvalue weighted by Crippen LogP contribution is -2.53. The molecule has 1 fully saturated rings. The molecular weight excluding hydrogens is 859 g/mol. The van der Waals surface area contributed by atoms with Gasteiger partial charge in [0.15, 0.2) is 0 Å². The zero-order chi connectivity index (χ0) is 51.1. The Labute approximate surface area is 403 Å². The van der Waals surface area contributed by atoms with Crippen molar-refractivity contribution in [1.29, 1.82) is 0 Å². The SMILES string of the molecule is CC(C)(N)COC(C)(C)CCC=O.CCC.CCC(C)C(C(CC(=O)N1CCCC1C(OC)C(C)C(Cc1ccccc1)c1nccs1)OC)N(C)C(=O)CC(C)(C)NC.NC=O.NC=O. The van der Waals surface area contributed by atoms with E-state index >= 15 is 0 Å². The van der Waals surface area contributed by atoms with Gasteiger partial charge in [-0.05, 0) is 91.7 Å². The molecule has 4 amide bonds. The molecule has 16 heteroatoms. The van der Waals surface area contributed by atoms with Crippen molar-refractivity contribution < 1.29 is 38.2 Å². The van der Waals surface area contributed by atoms with Crippen molar-refractivity contribution in [3.05, 3.63) is 52.5 Å². The molecule has 1 aliphatic heterocycles. The number of nitrogens with one attached hydrogen (secondary N) is 1. The van der Waals surface area contributed by atoms with E-state index in [9.17, 15) is 14.4 Å². The van der Waals surface area contributed by atoms with Gasteiger partial charge in [0.25, 0.3) is 0 Å². The van der Waals surface area contributed by atoms with Gasteiger partial charge in [0, 0.05) is 69.2 Å². The van der Waals surface area contributed by atoms with E-state index in [1.54, 1.807) is 25.6 Å². The van der Waals surface area contributed by atoms with Crippen molar-refractivity contribution in [2.45, 2.75) is 181 Å². The van der Waals surface area contributed by atoms with E-state index in [1.165, 1.54) is 12.0 Å². The fourth-order valence-electron chi connectivity index (χ4n) is 7.67. The lowest BCUT2D eigenvalue weighted by Gasteiger charge is -2.40. The molecule has 0 radical (unpaired) electrons. The number of nitrogens with zero attached hydrogens (tertiary/aromatic N) is 3. The minimum atomic E-state index is -0.412. The van der Waals surface area contributed by atoms with Gasteiger partial charge < -0.3 is 51.3 Å². The average Bonchev–Trinajstić information content (AvgIpc) is 3.99. The van der Waals surface area contributed by atoms with Gasteiger partial charge in [-0.25, -0.2) is 4.98 Å². The van der Waals surface area contributed by atoms with E-state index in [2.05, 4.69) is 75.7 Å². The molecule has 1 aromatic heterocycles. The highest BCUT2D eigenvalue weighted by Crippen LogP contribution is 2.38. The quantitative estimate of drug-likeness (QED) is 0.0840. The van der Waals surface area contributed by atoms with Gasteiger partial charge >= 0.3 is 0 Å². The van der Waals surface area contributed by atoms with Crippen molar-refractivity contribution in [2.75, 3.05) is 41.5 Å². The highest BCUT2D eigenvalue weighted by atomic mass is 32.1. The second kappa shape index (κ2) is 34.5. The second-order valence-electron chi connectivity index (χ2n) is 18.9. The number of hydrogen-bond acceptors (Lipinski definition) is 12. The summed E-state index contributed by atoms with van der Waals surface area (Å²) in [6.45, 7) is 23.8. The first-order valence-electron chi connectivity index (χ1n) is 23.4. The summed E-state index contributed by atoms with van der Waals surface area (Å²) in [6, 6.07) is 10.3. The standard InChI is InChI=1S/C35H56N4O4S.C10H21NO2.C3H8.2CH3NO/c1-10-24(2)32(38(7)31(41)23-35(4,5)36-6)29(42-8)22-30(40)39-19-14-17-28(39)33(43-9)25(3)27(34-37-18-20-44-34)21-26-15-12-11-13-16-26;1-9(2,11)8-13-10(3,4)6-5-7-12;1-3-2;2*2-1-3/h11-13,15-16,18,20,24-25,27-29,32-33,36H,10,14,17,19,21-23H2,1-9H3;7H,5-6,8,11H2,1-4H3;3H2,1-2H3;2*1H,(H2,2,3). The van der Waals surface area contributed by atoms with Gasteiger partial charge in [-0.2, -0.15) is 0 Å². The summed E-state index contributed by atoms with van der Waals surface area (Å²) >= 11 is 1.69. The molecule has 0 bridgehead atoms. The van der Waals surface area contributed by atoms with Crippen LogP contribution < -0.4 is 22.5 Å². The van der Waals surface area contributed by atoms with Crippen molar-refractivity contribution in [3.63, 3.8) is 0 Å². The van der Waals surface area contributed by atoms with Gasteiger partial charge in [0.05, 0.1) is 47.9 Å². The number of methoxy groups -OCH3 is 2. The summed E-state index contributed by atoms with van der Waals surface area (Å²) in [5.74, 6) is 0.575. The van der Waals surface area contributed by atoms with Crippen LogP contribution in [-0.2, 0) is 44.6 Å². The Bertz CT molecular complexity index is 1570. The second-order valence-corrected chi connectivity index (χ2v) is 19.8. The van der Waals surface area contributed by atoms with Crippen LogP contribution in [0.3, 0.4) is 0 Å². The van der Waals surface area contributed by atoms with E-state index in [0.29, 0.717) is 26.0 Å². The molecule has 3 rings (SSSR count). The first-order chi connectivity index (χ1) is 31.0. The number of ether oxygens (including phenoxy) is 3. The highest BCUT2D eigenvalue weighted by Gasteiger charge is 2.43. The van der Waals surface area contributed by atoms with Crippen LogP contribution in [-0.4, -0.2) is 128 Å². The van der Waals surface area contributed by atoms with E-state index in [4.69, 9.17) is 34.5 Å². The third kappa shape index (κ3) is 25.4. The van der Waals surface area contributed by atoms with E-state index in [1.807, 2.05) is 83.1 Å². The molecular formula is C50H91N7O8S. The largest absolute Gasteiger partial charge is 0.379 e. The number of carbonyl (C=O) groups excluding carboxylic acids is 5. The average molecular weight is 950 g/mol. The molecule has 1 aromatic carbocycles. The summed E-state index contributed by atoms with van der Waals surface area (Å²) in [4.78, 5) is 63.4. The Morgan fingerprint density at radius 1 is 1.00 bits per heavy atom. The number of carbonyl (C=O) groups is 5. The van der Waals surface area contributed by atoms with Crippen LogP contribution in [0, 0.1) is 11.8 Å². The Morgan fingerprint density at radius 2 is 1.58 bits per heavy atom. The van der Waals surface area contributed by atoms with Crippen LogP contribution in [0.5, 0.6) is 0 Å². The lowest BCUT2D eigenvalue weighted by atomic mass is 9.81. The maximum atomic E-state index is 14.1.